The summed E-state index contributed by atoms with van der Waals surface area (Å²) < 4.78 is 61.4. The lowest BCUT2D eigenvalue weighted by Gasteiger charge is -2.22. The molecule has 244 valence electrons. The lowest BCUT2D eigenvalue weighted by molar-refractivity contribution is -0.150. The highest BCUT2D eigenvalue weighted by molar-refractivity contribution is 6.34. The van der Waals surface area contributed by atoms with Gasteiger partial charge < -0.3 is 29.0 Å². The van der Waals surface area contributed by atoms with E-state index in [2.05, 4.69) is 0 Å². The predicted molar refractivity (Wildman–Crippen MR) is 163 cm³/mol. The van der Waals surface area contributed by atoms with Crippen LogP contribution in [0.25, 0.3) is 0 Å². The van der Waals surface area contributed by atoms with Crippen molar-refractivity contribution in [2.75, 3.05) is 32.9 Å². The van der Waals surface area contributed by atoms with Crippen molar-refractivity contribution in [1.82, 2.24) is 4.90 Å². The zero-order chi connectivity index (χ0) is 32.8. The van der Waals surface area contributed by atoms with Crippen LogP contribution in [-0.2, 0) is 33.5 Å². The van der Waals surface area contributed by atoms with E-state index in [1.165, 1.54) is 17.0 Å². The zero-order valence-electron chi connectivity index (χ0n) is 24.5. The molecule has 45 heavy (non-hydrogen) atoms. The molecule has 0 radical (unpaired) electrons. The van der Waals surface area contributed by atoms with Gasteiger partial charge in [0.1, 0.15) is 18.1 Å². The molecule has 13 heteroatoms. The van der Waals surface area contributed by atoms with E-state index in [0.29, 0.717) is 41.9 Å². The van der Waals surface area contributed by atoms with Gasteiger partial charge in [0.05, 0.1) is 18.7 Å². The van der Waals surface area contributed by atoms with Gasteiger partial charge in [0.25, 0.3) is 0 Å². The lowest BCUT2D eigenvalue weighted by atomic mass is 10.1. The largest absolute Gasteiger partial charge is 0.492 e. The van der Waals surface area contributed by atoms with Crippen molar-refractivity contribution < 1.29 is 46.8 Å². The van der Waals surface area contributed by atoms with Crippen molar-refractivity contribution in [3.63, 3.8) is 0 Å². The fourth-order valence-electron chi connectivity index (χ4n) is 4.21. The Morgan fingerprint density at radius 1 is 0.889 bits per heavy atom. The van der Waals surface area contributed by atoms with Gasteiger partial charge in [0.15, 0.2) is 6.10 Å². The zero-order valence-corrected chi connectivity index (χ0v) is 26.0. The van der Waals surface area contributed by atoms with E-state index < -0.39 is 29.9 Å². The quantitative estimate of drug-likeness (QED) is 0.146. The second kappa shape index (κ2) is 17.8. The number of nitrogens with zero attached hydrogens (tertiary/aromatic N) is 1. The number of amides is 1. The Labute approximate surface area is 269 Å². The Kier molecular flexibility index (Phi) is 14.3. The molecule has 0 heterocycles. The van der Waals surface area contributed by atoms with Crippen LogP contribution in [-0.4, -0.2) is 61.1 Å². The number of alkyl halides is 3. The number of rotatable bonds is 17. The molecule has 1 atom stereocenters. The van der Waals surface area contributed by atoms with Gasteiger partial charge in [-0.1, -0.05) is 41.4 Å². The number of unbranched alkanes of at least 4 members (excludes halogenated alkanes) is 1. The maximum absolute atomic E-state index is 13.1. The number of aliphatic carboxylic acids is 1. The van der Waals surface area contributed by atoms with Gasteiger partial charge in [-0.15, -0.1) is 0 Å². The molecule has 1 amide bonds. The van der Waals surface area contributed by atoms with E-state index in [0.717, 1.165) is 23.3 Å². The van der Waals surface area contributed by atoms with E-state index in [9.17, 15) is 27.9 Å². The summed E-state index contributed by atoms with van der Waals surface area (Å²) in [7, 11) is 0. The molecule has 0 aliphatic heterocycles. The maximum atomic E-state index is 13.1. The number of hydrogen-bond acceptors (Lipinski definition) is 6. The predicted octanol–water partition coefficient (Wildman–Crippen LogP) is 7.92. The summed E-state index contributed by atoms with van der Waals surface area (Å²) in [4.78, 5) is 25.7. The first-order valence-electron chi connectivity index (χ1n) is 14.2. The SMILES string of the molecule is CCOC(Cc1ccc(OCCN(CCCCOCc2cc(Cl)cc(Cl)c2)C(=O)Oc2cccc(C(F)(F)F)c2)cc1)C(=O)O. The number of benzene rings is 3. The highest BCUT2D eigenvalue weighted by Gasteiger charge is 2.31. The van der Waals surface area contributed by atoms with Crippen molar-refractivity contribution in [2.24, 2.45) is 0 Å². The number of halogens is 5. The molecule has 0 aliphatic carbocycles. The number of carbonyl (C=O) groups excluding carboxylic acids is 1. The van der Waals surface area contributed by atoms with Crippen LogP contribution < -0.4 is 9.47 Å². The third-order valence-electron chi connectivity index (χ3n) is 6.40. The van der Waals surface area contributed by atoms with E-state index in [1.807, 2.05) is 0 Å². The lowest BCUT2D eigenvalue weighted by Crippen LogP contribution is -2.37. The van der Waals surface area contributed by atoms with Crippen LogP contribution in [0.4, 0.5) is 18.0 Å². The second-order valence-corrected chi connectivity index (χ2v) is 10.8. The minimum absolute atomic E-state index is 0.0692. The van der Waals surface area contributed by atoms with E-state index in [-0.39, 0.29) is 38.5 Å². The summed E-state index contributed by atoms with van der Waals surface area (Å²) in [6.45, 7) is 3.08. The number of hydrogen-bond donors (Lipinski definition) is 1. The molecule has 3 aromatic carbocycles. The standard InChI is InChI=1S/C32H34Cl2F3NO7/c1-2-43-29(30(39)40)18-22-8-10-27(11-9-22)44-15-13-38(31(41)45-28-7-5-6-24(19-28)32(35,36)37)12-3-4-14-42-21-23-16-25(33)20-26(34)17-23/h5-11,16-17,19-20,29H,2-4,12-15,18,21H2,1H3,(H,39,40). The van der Waals surface area contributed by atoms with Gasteiger partial charge in [-0.2, -0.15) is 13.2 Å². The fraction of sp³-hybridized carbons (Fsp3) is 0.375. The van der Waals surface area contributed by atoms with Crippen LogP contribution in [0.2, 0.25) is 10.0 Å². The normalized spacial score (nSPS) is 12.0. The molecule has 0 saturated heterocycles. The van der Waals surface area contributed by atoms with Crippen LogP contribution in [0.15, 0.2) is 66.7 Å². The number of carboxylic acid groups (broad SMARTS) is 1. The maximum Gasteiger partial charge on any atom is 0.416 e. The van der Waals surface area contributed by atoms with Crippen molar-refractivity contribution in [3.05, 3.63) is 93.5 Å². The first kappa shape index (κ1) is 36.0. The van der Waals surface area contributed by atoms with E-state index in [4.69, 9.17) is 42.1 Å². The Morgan fingerprint density at radius 2 is 1.60 bits per heavy atom. The third-order valence-corrected chi connectivity index (χ3v) is 6.84. The highest BCUT2D eigenvalue weighted by Crippen LogP contribution is 2.31. The van der Waals surface area contributed by atoms with Crippen molar-refractivity contribution in [1.29, 1.82) is 0 Å². The summed E-state index contributed by atoms with van der Waals surface area (Å²) in [5.41, 5.74) is 0.635. The second-order valence-electron chi connectivity index (χ2n) is 9.90. The van der Waals surface area contributed by atoms with Crippen molar-refractivity contribution >= 4 is 35.3 Å². The van der Waals surface area contributed by atoms with Gasteiger partial charge in [-0.3, -0.25) is 0 Å². The average molecular weight is 673 g/mol. The first-order chi connectivity index (χ1) is 21.4. The van der Waals surface area contributed by atoms with Gasteiger partial charge in [0.2, 0.25) is 0 Å². The molecular weight excluding hydrogens is 638 g/mol. The minimum atomic E-state index is -4.58. The van der Waals surface area contributed by atoms with E-state index >= 15 is 0 Å². The van der Waals surface area contributed by atoms with Gasteiger partial charge in [0, 0.05) is 36.2 Å². The molecule has 1 N–H and O–H groups in total. The molecule has 0 fully saturated rings. The molecule has 8 nitrogen and oxygen atoms in total. The average Bonchev–Trinajstić information content (AvgIpc) is 2.97. The summed E-state index contributed by atoms with van der Waals surface area (Å²) in [5, 5.41) is 10.3. The molecule has 3 rings (SSSR count). The van der Waals surface area contributed by atoms with Crippen LogP contribution >= 0.6 is 23.2 Å². The van der Waals surface area contributed by atoms with Crippen LogP contribution in [0, 0.1) is 0 Å². The highest BCUT2D eigenvalue weighted by atomic mass is 35.5. The fourth-order valence-corrected chi connectivity index (χ4v) is 4.79. The monoisotopic (exact) mass is 671 g/mol. The molecule has 0 saturated carbocycles. The Bertz CT molecular complexity index is 1370. The van der Waals surface area contributed by atoms with Crippen LogP contribution in [0.1, 0.15) is 36.5 Å². The molecule has 0 bridgehead atoms. The van der Waals surface area contributed by atoms with Gasteiger partial charge in [-0.25, -0.2) is 9.59 Å². The molecule has 0 spiro atoms. The molecule has 0 aliphatic rings. The van der Waals surface area contributed by atoms with Crippen molar-refractivity contribution in [2.45, 2.75) is 45.1 Å². The van der Waals surface area contributed by atoms with Crippen LogP contribution in [0.3, 0.4) is 0 Å². The first-order valence-corrected chi connectivity index (χ1v) is 14.9. The summed E-state index contributed by atoms with van der Waals surface area (Å²) in [5.74, 6) is -0.791. The van der Waals surface area contributed by atoms with Crippen molar-refractivity contribution in [3.8, 4) is 11.5 Å². The Balaban J connectivity index is 1.55. The molecule has 0 aromatic heterocycles. The summed E-state index contributed by atoms with van der Waals surface area (Å²) >= 11 is 12.0. The molecule has 3 aromatic rings. The Morgan fingerprint density at radius 3 is 2.24 bits per heavy atom. The molecule has 1 unspecified atom stereocenters. The molecular formula is C32H34Cl2F3NO7. The number of carboxylic acids is 1. The number of ether oxygens (including phenoxy) is 4. The van der Waals surface area contributed by atoms with E-state index in [1.54, 1.807) is 49.4 Å². The third kappa shape index (κ3) is 12.8. The Hall–Kier alpha value is -3.51. The smallest absolute Gasteiger partial charge is 0.416 e. The minimum Gasteiger partial charge on any atom is -0.492 e. The van der Waals surface area contributed by atoms with Crippen LogP contribution in [0.5, 0.6) is 11.5 Å². The summed E-state index contributed by atoms with van der Waals surface area (Å²) in [6.07, 6.45) is -5.07. The van der Waals surface area contributed by atoms with Gasteiger partial charge >= 0.3 is 18.2 Å². The number of carbonyl (C=O) groups is 2. The summed E-state index contributed by atoms with van der Waals surface area (Å²) in [6, 6.07) is 16.0. The topological polar surface area (TPSA) is 94.5 Å². The van der Waals surface area contributed by atoms with Gasteiger partial charge in [-0.05, 0) is 79.4 Å².